The van der Waals surface area contributed by atoms with E-state index in [9.17, 15) is 4.79 Å². The molecule has 0 saturated carbocycles. The summed E-state index contributed by atoms with van der Waals surface area (Å²) in [6.07, 6.45) is 1.18. The lowest BCUT2D eigenvalue weighted by atomic mass is 10.00. The zero-order valence-corrected chi connectivity index (χ0v) is 11.1. The number of nitrogens with one attached hydrogen (secondary N) is 1. The van der Waals surface area contributed by atoms with E-state index in [-0.39, 0.29) is 0 Å². The van der Waals surface area contributed by atoms with Gasteiger partial charge in [-0.1, -0.05) is 32.0 Å². The molecule has 1 N–H and O–H groups in total. The van der Waals surface area contributed by atoms with E-state index >= 15 is 0 Å². The van der Waals surface area contributed by atoms with Crippen molar-refractivity contribution in [3.05, 3.63) is 35.4 Å². The molecule has 1 aliphatic heterocycles. The Morgan fingerprint density at radius 1 is 1.44 bits per heavy atom. The van der Waals surface area contributed by atoms with E-state index < -0.39 is 0 Å². The van der Waals surface area contributed by atoms with Crippen molar-refractivity contribution < 1.29 is 4.79 Å². The van der Waals surface area contributed by atoms with Crippen molar-refractivity contribution in [1.82, 2.24) is 5.32 Å². The third-order valence-electron chi connectivity index (χ3n) is 2.91. The molecule has 1 aliphatic rings. The van der Waals surface area contributed by atoms with Crippen LogP contribution in [0.4, 0.5) is 0 Å². The molecule has 18 heavy (non-hydrogen) atoms. The first-order valence-corrected chi connectivity index (χ1v) is 6.54. The molecule has 3 heteroatoms. The third kappa shape index (κ3) is 3.42. The number of Topliss-reactive ketones (excluding diaryl/α,β-unsaturated/α-hetero) is 1. The summed E-state index contributed by atoms with van der Waals surface area (Å²) in [5.41, 5.74) is 2.16. The minimum atomic E-state index is 0.309. The average Bonchev–Trinajstić information content (AvgIpc) is 2.81. The average molecular weight is 244 g/mol. The number of nitrogens with zero attached hydrogens (tertiary/aromatic N) is 1. The molecule has 1 aromatic carbocycles. The van der Waals surface area contributed by atoms with Gasteiger partial charge in [0.1, 0.15) is 11.6 Å². The Morgan fingerprint density at radius 2 is 2.28 bits per heavy atom. The van der Waals surface area contributed by atoms with Gasteiger partial charge < -0.3 is 5.32 Å². The van der Waals surface area contributed by atoms with Crippen molar-refractivity contribution in [1.29, 1.82) is 0 Å². The van der Waals surface area contributed by atoms with Crippen molar-refractivity contribution in [3.63, 3.8) is 0 Å². The zero-order chi connectivity index (χ0) is 13.0. The summed E-state index contributed by atoms with van der Waals surface area (Å²) in [5.74, 6) is 1.69. The zero-order valence-electron chi connectivity index (χ0n) is 11.1. The summed E-state index contributed by atoms with van der Waals surface area (Å²) in [6, 6.07) is 8.11. The maximum atomic E-state index is 11.8. The van der Waals surface area contributed by atoms with Crippen LogP contribution in [-0.2, 0) is 11.2 Å². The number of hydrogen-bond donors (Lipinski definition) is 1. The van der Waals surface area contributed by atoms with Gasteiger partial charge in [0.25, 0.3) is 0 Å². The largest absolute Gasteiger partial charge is 0.368 e. The number of carbonyl (C=O) groups is 1. The molecule has 96 valence electrons. The molecule has 0 fully saturated rings. The standard InChI is InChI=1S/C15H20N2O/c1-11(2)8-14(18)10-12-4-3-5-13(9-12)15-16-6-7-17-15/h3-5,9,11H,6-8,10H2,1-2H3,(H,16,17). The van der Waals surface area contributed by atoms with Gasteiger partial charge in [0.2, 0.25) is 0 Å². The fraction of sp³-hybridized carbons (Fsp3) is 0.467. The molecule has 3 nitrogen and oxygen atoms in total. The van der Waals surface area contributed by atoms with Crippen LogP contribution in [0, 0.1) is 5.92 Å². The van der Waals surface area contributed by atoms with Crippen LogP contribution < -0.4 is 5.32 Å². The van der Waals surface area contributed by atoms with E-state index in [0.29, 0.717) is 24.5 Å². The first kappa shape index (κ1) is 12.8. The Labute approximate surface area is 108 Å². The van der Waals surface area contributed by atoms with Crippen LogP contribution >= 0.6 is 0 Å². The fourth-order valence-corrected chi connectivity index (χ4v) is 2.18. The molecule has 1 heterocycles. The Bertz CT molecular complexity index is 463. The van der Waals surface area contributed by atoms with Crippen LogP contribution in [0.3, 0.4) is 0 Å². The number of amidine groups is 1. The second-order valence-corrected chi connectivity index (χ2v) is 5.17. The summed E-state index contributed by atoms with van der Waals surface area (Å²) >= 11 is 0. The summed E-state index contributed by atoms with van der Waals surface area (Å²) in [5, 5.41) is 3.25. The van der Waals surface area contributed by atoms with Gasteiger partial charge in [0.05, 0.1) is 6.54 Å². The SMILES string of the molecule is CC(C)CC(=O)Cc1cccc(C2=NCCN2)c1. The predicted molar refractivity (Wildman–Crippen MR) is 74.0 cm³/mol. The molecule has 0 aromatic heterocycles. The van der Waals surface area contributed by atoms with E-state index in [2.05, 4.69) is 30.2 Å². The van der Waals surface area contributed by atoms with Gasteiger partial charge in [-0.15, -0.1) is 0 Å². The molecule has 0 spiro atoms. The van der Waals surface area contributed by atoms with E-state index in [4.69, 9.17) is 0 Å². The van der Waals surface area contributed by atoms with Crippen LogP contribution in [0.25, 0.3) is 0 Å². The molecule has 2 rings (SSSR count). The highest BCUT2D eigenvalue weighted by molar-refractivity contribution is 6.00. The summed E-state index contributed by atoms with van der Waals surface area (Å²) < 4.78 is 0. The van der Waals surface area contributed by atoms with Crippen molar-refractivity contribution in [2.24, 2.45) is 10.9 Å². The normalized spacial score (nSPS) is 14.5. The highest BCUT2D eigenvalue weighted by Crippen LogP contribution is 2.11. The second-order valence-electron chi connectivity index (χ2n) is 5.17. The van der Waals surface area contributed by atoms with Crippen LogP contribution in [-0.4, -0.2) is 24.7 Å². The molecule has 0 unspecified atom stereocenters. The number of hydrogen-bond acceptors (Lipinski definition) is 3. The summed E-state index contributed by atoms with van der Waals surface area (Å²) in [6.45, 7) is 5.90. The quantitative estimate of drug-likeness (QED) is 0.862. The van der Waals surface area contributed by atoms with Crippen molar-refractivity contribution >= 4 is 11.6 Å². The maximum absolute atomic E-state index is 11.8. The fourth-order valence-electron chi connectivity index (χ4n) is 2.18. The molecule has 0 saturated heterocycles. The predicted octanol–water partition coefficient (Wildman–Crippen LogP) is 2.19. The van der Waals surface area contributed by atoms with Gasteiger partial charge in [-0.25, -0.2) is 0 Å². The topological polar surface area (TPSA) is 41.5 Å². The van der Waals surface area contributed by atoms with E-state index in [1.165, 1.54) is 0 Å². The summed E-state index contributed by atoms with van der Waals surface area (Å²) in [7, 11) is 0. The summed E-state index contributed by atoms with van der Waals surface area (Å²) in [4.78, 5) is 16.2. The van der Waals surface area contributed by atoms with E-state index in [1.807, 2.05) is 18.2 Å². The Hall–Kier alpha value is -1.64. The molecule has 0 amide bonds. The number of ketones is 1. The Morgan fingerprint density at radius 3 is 2.94 bits per heavy atom. The van der Waals surface area contributed by atoms with Crippen molar-refractivity contribution in [2.45, 2.75) is 26.7 Å². The van der Waals surface area contributed by atoms with Crippen LogP contribution in [0.1, 0.15) is 31.4 Å². The lowest BCUT2D eigenvalue weighted by Gasteiger charge is -2.07. The van der Waals surface area contributed by atoms with Gasteiger partial charge in [-0.2, -0.15) is 0 Å². The number of aliphatic imine (C=N–C) groups is 1. The first-order chi connectivity index (χ1) is 8.65. The smallest absolute Gasteiger partial charge is 0.137 e. The van der Waals surface area contributed by atoms with Crippen LogP contribution in [0.2, 0.25) is 0 Å². The van der Waals surface area contributed by atoms with E-state index in [0.717, 1.165) is 30.1 Å². The third-order valence-corrected chi connectivity index (χ3v) is 2.91. The van der Waals surface area contributed by atoms with Gasteiger partial charge in [-0.05, 0) is 17.5 Å². The van der Waals surface area contributed by atoms with Crippen LogP contribution in [0.5, 0.6) is 0 Å². The van der Waals surface area contributed by atoms with Gasteiger partial charge in [-0.3, -0.25) is 9.79 Å². The molecule has 0 aliphatic carbocycles. The second kappa shape index (κ2) is 5.80. The first-order valence-electron chi connectivity index (χ1n) is 6.54. The molecular weight excluding hydrogens is 224 g/mol. The Kier molecular flexibility index (Phi) is 4.13. The highest BCUT2D eigenvalue weighted by atomic mass is 16.1. The number of rotatable bonds is 5. The minimum absolute atomic E-state index is 0.309. The van der Waals surface area contributed by atoms with Crippen molar-refractivity contribution in [2.75, 3.05) is 13.1 Å². The van der Waals surface area contributed by atoms with Gasteiger partial charge in [0.15, 0.2) is 0 Å². The lowest BCUT2D eigenvalue weighted by molar-refractivity contribution is -0.119. The van der Waals surface area contributed by atoms with Crippen LogP contribution in [0.15, 0.2) is 29.3 Å². The van der Waals surface area contributed by atoms with Crippen molar-refractivity contribution in [3.8, 4) is 0 Å². The Balaban J connectivity index is 2.05. The molecule has 0 atom stereocenters. The number of carbonyl (C=O) groups excluding carboxylic acids is 1. The number of benzene rings is 1. The van der Waals surface area contributed by atoms with Gasteiger partial charge >= 0.3 is 0 Å². The van der Waals surface area contributed by atoms with E-state index in [1.54, 1.807) is 0 Å². The maximum Gasteiger partial charge on any atom is 0.137 e. The lowest BCUT2D eigenvalue weighted by Crippen LogP contribution is -2.19. The minimum Gasteiger partial charge on any atom is -0.368 e. The highest BCUT2D eigenvalue weighted by Gasteiger charge is 2.10. The molecule has 1 aromatic rings. The van der Waals surface area contributed by atoms with Gasteiger partial charge in [0, 0.05) is 24.9 Å². The molecular formula is C15H20N2O. The molecule has 0 bridgehead atoms. The molecule has 0 radical (unpaired) electrons. The monoisotopic (exact) mass is 244 g/mol.